The number of ether oxygens (including phenoxy) is 1. The molecule has 1 aromatic heterocycles. The molecule has 0 bridgehead atoms. The van der Waals surface area contributed by atoms with Crippen molar-refractivity contribution in [2.45, 2.75) is 18.4 Å². The molecule has 4 nitrogen and oxygen atoms in total. The van der Waals surface area contributed by atoms with E-state index in [2.05, 4.69) is 34.5 Å². The molecule has 3 aromatic rings. The molecular weight excluding hydrogens is 388 g/mol. The highest BCUT2D eigenvalue weighted by Gasteiger charge is 2.20. The average molecular weight is 411 g/mol. The summed E-state index contributed by atoms with van der Waals surface area (Å²) in [6.07, 6.45) is 0. The van der Waals surface area contributed by atoms with E-state index in [4.69, 9.17) is 4.74 Å². The topological polar surface area (TPSA) is 41.6 Å². The van der Waals surface area contributed by atoms with Crippen molar-refractivity contribution >= 4 is 39.7 Å². The van der Waals surface area contributed by atoms with Crippen LogP contribution >= 0.6 is 23.1 Å². The molecule has 0 atom stereocenters. The Balaban J connectivity index is 1.41. The summed E-state index contributed by atoms with van der Waals surface area (Å²) in [5, 5.41) is 4.12. The van der Waals surface area contributed by atoms with Crippen molar-refractivity contribution in [2.24, 2.45) is 0 Å². The second-order valence-corrected chi connectivity index (χ2v) is 8.56. The van der Waals surface area contributed by atoms with Gasteiger partial charge in [-0.1, -0.05) is 24.3 Å². The van der Waals surface area contributed by atoms with Crippen LogP contribution in [0.3, 0.4) is 0 Å². The van der Waals surface area contributed by atoms with E-state index in [1.165, 1.54) is 21.9 Å². The standard InChI is InChI=1S/C22H22N2O2S2/c1-2-26-17-9-7-16(8-10-17)15-23-22(25)20-11-12-21(28-20)24-13-14-27-19-6-4-3-5-18(19)24/h3-12H,2,13-15H2,1H3,(H,23,25). The molecule has 4 rings (SSSR count). The minimum atomic E-state index is -0.0372. The maximum absolute atomic E-state index is 12.6. The minimum Gasteiger partial charge on any atom is -0.494 e. The number of anilines is 2. The van der Waals surface area contributed by atoms with Crippen LogP contribution in [0, 0.1) is 0 Å². The smallest absolute Gasteiger partial charge is 0.261 e. The van der Waals surface area contributed by atoms with Crippen LogP contribution in [0.25, 0.3) is 0 Å². The Labute approximate surface area is 173 Å². The van der Waals surface area contributed by atoms with Crippen LogP contribution in [0.5, 0.6) is 5.75 Å². The summed E-state index contributed by atoms with van der Waals surface area (Å²) in [6.45, 7) is 4.07. The molecule has 0 saturated heterocycles. The van der Waals surface area contributed by atoms with Crippen LogP contribution in [-0.2, 0) is 6.54 Å². The third-order valence-corrected chi connectivity index (χ3v) is 6.65. The van der Waals surface area contributed by atoms with Crippen molar-refractivity contribution in [3.05, 3.63) is 71.1 Å². The fourth-order valence-electron chi connectivity index (χ4n) is 3.13. The van der Waals surface area contributed by atoms with Gasteiger partial charge in [-0.2, -0.15) is 0 Å². The lowest BCUT2D eigenvalue weighted by Gasteiger charge is -2.29. The first kappa shape index (κ1) is 18.9. The average Bonchev–Trinajstić information content (AvgIpc) is 3.23. The number of thioether (sulfide) groups is 1. The largest absolute Gasteiger partial charge is 0.494 e. The molecule has 0 unspecified atom stereocenters. The second kappa shape index (κ2) is 8.71. The molecule has 0 saturated carbocycles. The first-order valence-corrected chi connectivity index (χ1v) is 11.1. The molecule has 6 heteroatoms. The fourth-order valence-corrected chi connectivity index (χ4v) is 5.09. The highest BCUT2D eigenvalue weighted by atomic mass is 32.2. The fraction of sp³-hybridized carbons (Fsp3) is 0.227. The Hall–Kier alpha value is -2.44. The first-order chi connectivity index (χ1) is 13.7. The van der Waals surface area contributed by atoms with Crippen molar-refractivity contribution in [3.8, 4) is 5.75 Å². The van der Waals surface area contributed by atoms with Gasteiger partial charge < -0.3 is 15.0 Å². The number of fused-ring (bicyclic) bond motifs is 1. The molecule has 0 fully saturated rings. The lowest BCUT2D eigenvalue weighted by Crippen LogP contribution is -2.23. The molecule has 1 aliphatic rings. The monoisotopic (exact) mass is 410 g/mol. The maximum Gasteiger partial charge on any atom is 0.261 e. The van der Waals surface area contributed by atoms with Crippen molar-refractivity contribution in [1.82, 2.24) is 5.32 Å². The summed E-state index contributed by atoms with van der Waals surface area (Å²) in [4.78, 5) is 16.9. The molecular formula is C22H22N2O2S2. The van der Waals surface area contributed by atoms with Gasteiger partial charge in [-0.15, -0.1) is 23.1 Å². The van der Waals surface area contributed by atoms with Gasteiger partial charge >= 0.3 is 0 Å². The highest BCUT2D eigenvalue weighted by molar-refractivity contribution is 7.99. The van der Waals surface area contributed by atoms with Crippen LogP contribution < -0.4 is 15.0 Å². The zero-order valence-corrected chi connectivity index (χ0v) is 17.3. The van der Waals surface area contributed by atoms with Crippen LogP contribution in [0.2, 0.25) is 0 Å². The third kappa shape index (κ3) is 4.18. The lowest BCUT2D eigenvalue weighted by molar-refractivity contribution is 0.0955. The van der Waals surface area contributed by atoms with E-state index in [-0.39, 0.29) is 5.91 Å². The summed E-state index contributed by atoms with van der Waals surface area (Å²) in [5.74, 6) is 1.86. The van der Waals surface area contributed by atoms with E-state index in [0.717, 1.165) is 33.5 Å². The molecule has 0 aliphatic carbocycles. The van der Waals surface area contributed by atoms with E-state index in [1.54, 1.807) is 0 Å². The maximum atomic E-state index is 12.6. The van der Waals surface area contributed by atoms with Gasteiger partial charge in [-0.25, -0.2) is 0 Å². The number of benzene rings is 2. The Morgan fingerprint density at radius 1 is 1.11 bits per heavy atom. The summed E-state index contributed by atoms with van der Waals surface area (Å²) in [5.41, 5.74) is 2.28. The van der Waals surface area contributed by atoms with E-state index in [0.29, 0.717) is 13.2 Å². The van der Waals surface area contributed by atoms with Crippen molar-refractivity contribution in [1.29, 1.82) is 0 Å². The first-order valence-electron chi connectivity index (χ1n) is 9.34. The van der Waals surface area contributed by atoms with E-state index in [1.807, 2.05) is 55.1 Å². The second-order valence-electron chi connectivity index (χ2n) is 6.37. The van der Waals surface area contributed by atoms with Crippen LogP contribution in [0.4, 0.5) is 10.7 Å². The van der Waals surface area contributed by atoms with E-state index in [9.17, 15) is 4.79 Å². The predicted molar refractivity (Wildman–Crippen MR) is 117 cm³/mol. The van der Waals surface area contributed by atoms with Crippen molar-refractivity contribution < 1.29 is 9.53 Å². The molecule has 1 N–H and O–H groups in total. The van der Waals surface area contributed by atoms with Crippen molar-refractivity contribution in [2.75, 3.05) is 23.8 Å². The van der Waals surface area contributed by atoms with Crippen molar-refractivity contribution in [3.63, 3.8) is 0 Å². The molecule has 2 heterocycles. The summed E-state index contributed by atoms with van der Waals surface area (Å²) >= 11 is 3.42. The minimum absolute atomic E-state index is 0.0372. The number of carbonyl (C=O) groups is 1. The van der Waals surface area contributed by atoms with E-state index < -0.39 is 0 Å². The summed E-state index contributed by atoms with van der Waals surface area (Å²) in [6, 6.07) is 20.2. The quantitative estimate of drug-likeness (QED) is 0.597. The highest BCUT2D eigenvalue weighted by Crippen LogP contribution is 2.41. The third-order valence-electron chi connectivity index (χ3n) is 4.50. The Bertz CT molecular complexity index is 953. The van der Waals surface area contributed by atoms with Gasteiger partial charge in [0.1, 0.15) is 5.75 Å². The molecule has 0 spiro atoms. The van der Waals surface area contributed by atoms with Gasteiger partial charge in [0, 0.05) is 23.7 Å². The van der Waals surface area contributed by atoms with Gasteiger partial charge in [0.15, 0.2) is 0 Å². The number of para-hydroxylation sites is 1. The molecule has 0 radical (unpaired) electrons. The number of amides is 1. The molecule has 28 heavy (non-hydrogen) atoms. The number of carbonyl (C=O) groups excluding carboxylic acids is 1. The Morgan fingerprint density at radius 3 is 2.75 bits per heavy atom. The zero-order valence-electron chi connectivity index (χ0n) is 15.7. The predicted octanol–water partition coefficient (Wildman–Crippen LogP) is 5.32. The molecule has 144 valence electrons. The number of nitrogens with zero attached hydrogens (tertiary/aromatic N) is 1. The molecule has 2 aromatic carbocycles. The number of hydrogen-bond acceptors (Lipinski definition) is 5. The lowest BCUT2D eigenvalue weighted by atomic mass is 10.2. The normalized spacial score (nSPS) is 13.1. The summed E-state index contributed by atoms with van der Waals surface area (Å²) < 4.78 is 5.45. The van der Waals surface area contributed by atoms with Crippen LogP contribution in [0.15, 0.2) is 65.6 Å². The Morgan fingerprint density at radius 2 is 1.93 bits per heavy atom. The van der Waals surface area contributed by atoms with Gasteiger partial charge in [0.25, 0.3) is 5.91 Å². The number of nitrogens with one attached hydrogen (secondary N) is 1. The number of hydrogen-bond donors (Lipinski definition) is 1. The van der Waals surface area contributed by atoms with Crippen LogP contribution in [-0.4, -0.2) is 24.8 Å². The van der Waals surface area contributed by atoms with Crippen LogP contribution in [0.1, 0.15) is 22.2 Å². The van der Waals surface area contributed by atoms with Gasteiger partial charge in [-0.05, 0) is 48.9 Å². The number of thiophene rings is 1. The SMILES string of the molecule is CCOc1ccc(CNC(=O)c2ccc(N3CCSc4ccccc43)s2)cc1. The van der Waals surface area contributed by atoms with Gasteiger partial charge in [0.05, 0.1) is 22.2 Å². The number of rotatable bonds is 6. The molecule has 1 aliphatic heterocycles. The zero-order chi connectivity index (χ0) is 19.3. The van der Waals surface area contributed by atoms with E-state index >= 15 is 0 Å². The Kier molecular flexibility index (Phi) is 5.88. The molecule has 1 amide bonds. The van der Waals surface area contributed by atoms with Gasteiger partial charge in [-0.3, -0.25) is 4.79 Å². The summed E-state index contributed by atoms with van der Waals surface area (Å²) in [7, 11) is 0. The van der Waals surface area contributed by atoms with Gasteiger partial charge in [0.2, 0.25) is 0 Å².